The van der Waals surface area contributed by atoms with E-state index in [0.29, 0.717) is 22.2 Å². The lowest BCUT2D eigenvalue weighted by atomic mass is 10.1. The van der Waals surface area contributed by atoms with E-state index in [4.69, 9.17) is 11.6 Å². The molecule has 2 aromatic rings. The van der Waals surface area contributed by atoms with E-state index in [1.165, 1.54) is 0 Å². The second kappa shape index (κ2) is 6.76. The van der Waals surface area contributed by atoms with Gasteiger partial charge in [-0.2, -0.15) is 0 Å². The van der Waals surface area contributed by atoms with Crippen LogP contribution in [0.2, 0.25) is 5.02 Å². The number of fused-ring (bicyclic) bond motifs is 1. The number of hydrogen-bond donors (Lipinski definition) is 2. The second-order valence-corrected chi connectivity index (χ2v) is 7.44. The zero-order chi connectivity index (χ0) is 18.3. The van der Waals surface area contributed by atoms with Gasteiger partial charge in [-0.05, 0) is 56.7 Å². The molecule has 0 bridgehead atoms. The van der Waals surface area contributed by atoms with Crippen LogP contribution < -0.4 is 10.6 Å². The maximum atomic E-state index is 12.9. The molecule has 2 amide bonds. The molecule has 0 atom stereocenters. The van der Waals surface area contributed by atoms with Crippen LogP contribution in [-0.2, 0) is 13.0 Å². The molecule has 7 heteroatoms. The first kappa shape index (κ1) is 17.1. The van der Waals surface area contributed by atoms with Crippen LogP contribution in [0.3, 0.4) is 0 Å². The molecule has 6 nitrogen and oxygen atoms in total. The summed E-state index contributed by atoms with van der Waals surface area (Å²) in [7, 11) is 0. The maximum Gasteiger partial charge on any atom is 0.287 e. The molecule has 2 heterocycles. The summed E-state index contributed by atoms with van der Waals surface area (Å²) in [5, 5.41) is 6.42. The molecule has 136 valence electrons. The van der Waals surface area contributed by atoms with Crippen molar-refractivity contribution in [3.05, 3.63) is 46.0 Å². The highest BCUT2D eigenvalue weighted by atomic mass is 35.5. The number of aromatic nitrogens is 2. The number of hydrogen-bond acceptors (Lipinski definition) is 3. The molecule has 1 fully saturated rings. The van der Waals surface area contributed by atoms with E-state index < -0.39 is 0 Å². The van der Waals surface area contributed by atoms with Crippen molar-refractivity contribution in [2.24, 2.45) is 0 Å². The first-order chi connectivity index (χ1) is 12.5. The summed E-state index contributed by atoms with van der Waals surface area (Å²) in [5.74, 6) is -0.139. The Morgan fingerprint density at radius 3 is 2.81 bits per heavy atom. The lowest BCUT2D eigenvalue weighted by molar-refractivity contribution is 0.0935. The fourth-order valence-electron chi connectivity index (χ4n) is 3.29. The number of carbonyl (C=O) groups excluding carboxylic acids is 2. The van der Waals surface area contributed by atoms with E-state index >= 15 is 0 Å². The molecule has 1 saturated carbocycles. The van der Waals surface area contributed by atoms with Crippen LogP contribution in [0.1, 0.15) is 58.0 Å². The van der Waals surface area contributed by atoms with Gasteiger partial charge in [-0.25, -0.2) is 4.98 Å². The van der Waals surface area contributed by atoms with Crippen molar-refractivity contribution in [2.75, 3.05) is 5.32 Å². The van der Waals surface area contributed by atoms with Gasteiger partial charge in [0.1, 0.15) is 0 Å². The predicted molar refractivity (Wildman–Crippen MR) is 99.8 cm³/mol. The van der Waals surface area contributed by atoms with Crippen LogP contribution in [0.4, 0.5) is 5.69 Å². The monoisotopic (exact) mass is 372 g/mol. The van der Waals surface area contributed by atoms with Crippen LogP contribution in [0.5, 0.6) is 0 Å². The Bertz CT molecular complexity index is 886. The number of anilines is 1. The van der Waals surface area contributed by atoms with Gasteiger partial charge in [-0.1, -0.05) is 17.7 Å². The molecule has 0 unspecified atom stereocenters. The number of benzene rings is 1. The Hall–Kier alpha value is -2.34. The molecular weight excluding hydrogens is 352 g/mol. The van der Waals surface area contributed by atoms with E-state index in [1.807, 2.05) is 17.6 Å². The summed E-state index contributed by atoms with van der Waals surface area (Å²) in [4.78, 5) is 29.8. The quantitative estimate of drug-likeness (QED) is 0.864. The van der Waals surface area contributed by atoms with Crippen LogP contribution in [0.25, 0.3) is 0 Å². The average molecular weight is 373 g/mol. The largest absolute Gasteiger partial charge is 0.347 e. The molecule has 2 aliphatic rings. The lowest BCUT2D eigenvalue weighted by Crippen LogP contribution is -2.29. The van der Waals surface area contributed by atoms with Crippen LogP contribution in [-0.4, -0.2) is 27.4 Å². The molecule has 1 aromatic carbocycles. The Labute approximate surface area is 156 Å². The van der Waals surface area contributed by atoms with Gasteiger partial charge in [0.2, 0.25) is 0 Å². The highest BCUT2D eigenvalue weighted by Gasteiger charge is 2.30. The van der Waals surface area contributed by atoms with Crippen LogP contribution >= 0.6 is 11.6 Å². The van der Waals surface area contributed by atoms with Crippen molar-refractivity contribution >= 4 is 29.1 Å². The maximum absolute atomic E-state index is 12.9. The first-order valence-corrected chi connectivity index (χ1v) is 9.38. The van der Waals surface area contributed by atoms with Crippen molar-refractivity contribution in [3.63, 3.8) is 0 Å². The van der Waals surface area contributed by atoms with Gasteiger partial charge in [0.05, 0.1) is 5.69 Å². The van der Waals surface area contributed by atoms with Gasteiger partial charge < -0.3 is 15.2 Å². The lowest BCUT2D eigenvalue weighted by Gasteiger charge is -2.17. The number of aryl methyl sites for hydroxylation is 1. The standard InChI is InChI=1S/C19H21ClN4O2/c1-11-5-6-12(20)10-14(11)22-18(25)16-15-4-2-3-9-24(15)17(23-16)19(26)21-13-7-8-13/h5-6,10,13H,2-4,7-9H2,1H3,(H,21,26)(H,22,25). The Morgan fingerprint density at radius 2 is 2.04 bits per heavy atom. The summed E-state index contributed by atoms with van der Waals surface area (Å²) in [6.07, 6.45) is 4.76. The molecule has 2 N–H and O–H groups in total. The minimum absolute atomic E-state index is 0.186. The molecule has 26 heavy (non-hydrogen) atoms. The first-order valence-electron chi connectivity index (χ1n) is 9.00. The van der Waals surface area contributed by atoms with Gasteiger partial charge in [-0.15, -0.1) is 0 Å². The van der Waals surface area contributed by atoms with E-state index in [9.17, 15) is 9.59 Å². The van der Waals surface area contributed by atoms with E-state index in [0.717, 1.165) is 49.9 Å². The van der Waals surface area contributed by atoms with Gasteiger partial charge >= 0.3 is 0 Å². The topological polar surface area (TPSA) is 76.0 Å². The van der Waals surface area contributed by atoms with E-state index in [2.05, 4.69) is 15.6 Å². The molecule has 4 rings (SSSR count). The molecule has 1 aromatic heterocycles. The molecular formula is C19H21ClN4O2. The summed E-state index contributed by atoms with van der Waals surface area (Å²) in [6, 6.07) is 5.61. The number of amides is 2. The number of imidazole rings is 1. The van der Waals surface area contributed by atoms with Crippen LogP contribution in [0.15, 0.2) is 18.2 Å². The number of nitrogens with zero attached hydrogens (tertiary/aromatic N) is 2. The van der Waals surface area contributed by atoms with E-state index in [1.54, 1.807) is 12.1 Å². The number of nitrogens with one attached hydrogen (secondary N) is 2. The SMILES string of the molecule is Cc1ccc(Cl)cc1NC(=O)c1nc(C(=O)NC2CC2)n2c1CCCC2. The molecule has 0 spiro atoms. The number of halogens is 1. The summed E-state index contributed by atoms with van der Waals surface area (Å²) >= 11 is 6.04. The average Bonchev–Trinajstić information content (AvgIpc) is 3.34. The van der Waals surface area contributed by atoms with Crippen molar-refractivity contribution in [2.45, 2.75) is 51.6 Å². The highest BCUT2D eigenvalue weighted by Crippen LogP contribution is 2.25. The zero-order valence-corrected chi connectivity index (χ0v) is 15.4. The third kappa shape index (κ3) is 3.33. The third-order valence-electron chi connectivity index (χ3n) is 4.90. The minimum atomic E-state index is -0.300. The Balaban J connectivity index is 1.64. The Kier molecular flexibility index (Phi) is 4.44. The van der Waals surface area contributed by atoms with Crippen LogP contribution in [0, 0.1) is 6.92 Å². The molecule has 0 saturated heterocycles. The van der Waals surface area contributed by atoms with Crippen molar-refractivity contribution in [1.29, 1.82) is 0 Å². The third-order valence-corrected chi connectivity index (χ3v) is 5.13. The Morgan fingerprint density at radius 1 is 1.23 bits per heavy atom. The van der Waals surface area contributed by atoms with Crippen molar-refractivity contribution in [3.8, 4) is 0 Å². The minimum Gasteiger partial charge on any atom is -0.347 e. The molecule has 1 aliphatic heterocycles. The van der Waals surface area contributed by atoms with Gasteiger partial charge in [-0.3, -0.25) is 9.59 Å². The fourth-order valence-corrected chi connectivity index (χ4v) is 3.46. The van der Waals surface area contributed by atoms with Gasteiger partial charge in [0.25, 0.3) is 11.8 Å². The predicted octanol–water partition coefficient (Wildman–Crippen LogP) is 3.33. The smallest absolute Gasteiger partial charge is 0.287 e. The van der Waals surface area contributed by atoms with Crippen molar-refractivity contribution < 1.29 is 9.59 Å². The summed E-state index contributed by atoms with van der Waals surface area (Å²) < 4.78 is 1.90. The number of rotatable bonds is 4. The molecule has 0 radical (unpaired) electrons. The van der Waals surface area contributed by atoms with E-state index in [-0.39, 0.29) is 17.9 Å². The number of carbonyl (C=O) groups is 2. The fraction of sp³-hybridized carbons (Fsp3) is 0.421. The zero-order valence-electron chi connectivity index (χ0n) is 14.6. The van der Waals surface area contributed by atoms with Gasteiger partial charge in [0, 0.05) is 23.3 Å². The van der Waals surface area contributed by atoms with Crippen molar-refractivity contribution in [1.82, 2.24) is 14.9 Å². The normalized spacial score (nSPS) is 16.1. The molecule has 1 aliphatic carbocycles. The van der Waals surface area contributed by atoms with Gasteiger partial charge in [0.15, 0.2) is 11.5 Å². The summed E-state index contributed by atoms with van der Waals surface area (Å²) in [6.45, 7) is 2.63. The highest BCUT2D eigenvalue weighted by molar-refractivity contribution is 6.31. The summed E-state index contributed by atoms with van der Waals surface area (Å²) in [5.41, 5.74) is 2.76. The second-order valence-electron chi connectivity index (χ2n) is 7.00.